The SMILES string of the molecule is C=CCN(C)CCOCC. The minimum atomic E-state index is 0.807. The fourth-order valence-corrected chi connectivity index (χ4v) is 0.676. The smallest absolute Gasteiger partial charge is 0.0593 e. The van der Waals surface area contributed by atoms with Gasteiger partial charge in [-0.05, 0) is 14.0 Å². The van der Waals surface area contributed by atoms with Gasteiger partial charge in [-0.15, -0.1) is 6.58 Å². The summed E-state index contributed by atoms with van der Waals surface area (Å²) in [5.41, 5.74) is 0. The highest BCUT2D eigenvalue weighted by Crippen LogP contribution is 1.82. The lowest BCUT2D eigenvalue weighted by atomic mass is 10.5. The molecule has 0 rings (SSSR count). The lowest BCUT2D eigenvalue weighted by molar-refractivity contribution is 0.125. The second-order valence-corrected chi connectivity index (χ2v) is 2.25. The van der Waals surface area contributed by atoms with Crippen molar-refractivity contribution in [2.24, 2.45) is 0 Å². The minimum Gasteiger partial charge on any atom is -0.380 e. The zero-order chi connectivity index (χ0) is 7.82. The second kappa shape index (κ2) is 6.78. The van der Waals surface area contributed by atoms with Crippen molar-refractivity contribution in [1.82, 2.24) is 4.90 Å². The van der Waals surface area contributed by atoms with E-state index in [1.807, 2.05) is 13.0 Å². The molecule has 0 bridgehead atoms. The van der Waals surface area contributed by atoms with E-state index in [1.54, 1.807) is 0 Å². The van der Waals surface area contributed by atoms with Crippen LogP contribution in [0, 0.1) is 0 Å². The maximum atomic E-state index is 5.17. The van der Waals surface area contributed by atoms with Crippen molar-refractivity contribution in [2.75, 3.05) is 33.4 Å². The van der Waals surface area contributed by atoms with Crippen LogP contribution in [0.2, 0.25) is 0 Å². The molecule has 0 aromatic heterocycles. The standard InChI is InChI=1S/C8H17NO/c1-4-6-9(3)7-8-10-5-2/h4H,1,5-8H2,2-3H3. The van der Waals surface area contributed by atoms with Crippen molar-refractivity contribution in [1.29, 1.82) is 0 Å². The Hall–Kier alpha value is -0.340. The van der Waals surface area contributed by atoms with Gasteiger partial charge in [-0.25, -0.2) is 0 Å². The van der Waals surface area contributed by atoms with E-state index in [0.717, 1.165) is 26.3 Å². The van der Waals surface area contributed by atoms with Crippen molar-refractivity contribution in [3.8, 4) is 0 Å². The van der Waals surface area contributed by atoms with Crippen LogP contribution in [0.15, 0.2) is 12.7 Å². The molecule has 2 heteroatoms. The summed E-state index contributed by atoms with van der Waals surface area (Å²) in [6.45, 7) is 9.21. The molecule has 0 saturated carbocycles. The average molecular weight is 143 g/mol. The van der Waals surface area contributed by atoms with Crippen LogP contribution in [0.25, 0.3) is 0 Å². The highest BCUT2D eigenvalue weighted by molar-refractivity contribution is 4.70. The van der Waals surface area contributed by atoms with Gasteiger partial charge in [-0.3, -0.25) is 0 Å². The van der Waals surface area contributed by atoms with E-state index in [1.165, 1.54) is 0 Å². The van der Waals surface area contributed by atoms with E-state index in [9.17, 15) is 0 Å². The molecule has 0 amide bonds. The van der Waals surface area contributed by atoms with E-state index in [2.05, 4.69) is 18.5 Å². The molecule has 2 nitrogen and oxygen atoms in total. The highest BCUT2D eigenvalue weighted by atomic mass is 16.5. The van der Waals surface area contributed by atoms with Crippen LogP contribution < -0.4 is 0 Å². The van der Waals surface area contributed by atoms with Crippen molar-refractivity contribution < 1.29 is 4.74 Å². The van der Waals surface area contributed by atoms with Gasteiger partial charge in [-0.2, -0.15) is 0 Å². The van der Waals surface area contributed by atoms with Crippen LogP contribution >= 0.6 is 0 Å². The third-order valence-electron chi connectivity index (χ3n) is 1.26. The summed E-state index contributed by atoms with van der Waals surface area (Å²) >= 11 is 0. The third kappa shape index (κ3) is 5.79. The van der Waals surface area contributed by atoms with Gasteiger partial charge in [-0.1, -0.05) is 6.08 Å². The molecule has 0 unspecified atom stereocenters. The first-order chi connectivity index (χ1) is 4.81. The first kappa shape index (κ1) is 9.66. The molecule has 0 aromatic carbocycles. The van der Waals surface area contributed by atoms with Gasteiger partial charge in [0.1, 0.15) is 0 Å². The Balaban J connectivity index is 3.04. The molecule has 0 aliphatic rings. The maximum absolute atomic E-state index is 5.17. The Morgan fingerprint density at radius 1 is 1.60 bits per heavy atom. The van der Waals surface area contributed by atoms with E-state index in [0.29, 0.717) is 0 Å². The first-order valence-electron chi connectivity index (χ1n) is 3.68. The lowest BCUT2D eigenvalue weighted by Gasteiger charge is -2.12. The van der Waals surface area contributed by atoms with Gasteiger partial charge in [0.25, 0.3) is 0 Å². The van der Waals surface area contributed by atoms with Gasteiger partial charge in [0.15, 0.2) is 0 Å². The molecule has 0 fully saturated rings. The van der Waals surface area contributed by atoms with Gasteiger partial charge in [0.05, 0.1) is 6.61 Å². The Morgan fingerprint density at radius 3 is 2.80 bits per heavy atom. The number of likely N-dealkylation sites (N-methyl/N-ethyl adjacent to an activating group) is 1. The molecule has 0 saturated heterocycles. The van der Waals surface area contributed by atoms with Crippen LogP contribution in [0.5, 0.6) is 0 Å². The number of ether oxygens (including phenoxy) is 1. The Labute approximate surface area is 63.5 Å². The summed E-state index contributed by atoms with van der Waals surface area (Å²) in [4.78, 5) is 2.17. The van der Waals surface area contributed by atoms with Crippen LogP contribution in [0.4, 0.5) is 0 Å². The van der Waals surface area contributed by atoms with Crippen LogP contribution in [-0.2, 0) is 4.74 Å². The predicted octanol–water partition coefficient (Wildman–Crippen LogP) is 1.14. The zero-order valence-corrected chi connectivity index (χ0v) is 6.97. The van der Waals surface area contributed by atoms with Gasteiger partial charge in [0, 0.05) is 19.7 Å². The number of hydrogen-bond acceptors (Lipinski definition) is 2. The Kier molecular flexibility index (Phi) is 6.55. The fourth-order valence-electron chi connectivity index (χ4n) is 0.676. The molecule has 0 radical (unpaired) electrons. The monoisotopic (exact) mass is 143 g/mol. The number of nitrogens with zero attached hydrogens (tertiary/aromatic N) is 1. The number of rotatable bonds is 6. The Morgan fingerprint density at radius 2 is 2.30 bits per heavy atom. The molecule has 0 N–H and O–H groups in total. The summed E-state index contributed by atoms with van der Waals surface area (Å²) < 4.78 is 5.17. The zero-order valence-electron chi connectivity index (χ0n) is 6.97. The average Bonchev–Trinajstić information content (AvgIpc) is 1.89. The van der Waals surface area contributed by atoms with E-state index in [4.69, 9.17) is 4.74 Å². The summed E-state index contributed by atoms with van der Waals surface area (Å²) in [5, 5.41) is 0. The topological polar surface area (TPSA) is 12.5 Å². The predicted molar refractivity (Wildman–Crippen MR) is 44.2 cm³/mol. The summed E-state index contributed by atoms with van der Waals surface area (Å²) in [7, 11) is 2.06. The van der Waals surface area contributed by atoms with Crippen LogP contribution in [0.3, 0.4) is 0 Å². The van der Waals surface area contributed by atoms with Gasteiger partial charge in [0.2, 0.25) is 0 Å². The first-order valence-corrected chi connectivity index (χ1v) is 3.68. The maximum Gasteiger partial charge on any atom is 0.0593 e. The number of hydrogen-bond donors (Lipinski definition) is 0. The van der Waals surface area contributed by atoms with Gasteiger partial charge >= 0.3 is 0 Å². The van der Waals surface area contributed by atoms with Crippen LogP contribution in [-0.4, -0.2) is 38.3 Å². The minimum absolute atomic E-state index is 0.807. The molecule has 0 spiro atoms. The summed E-state index contributed by atoms with van der Waals surface area (Å²) in [5.74, 6) is 0. The van der Waals surface area contributed by atoms with E-state index < -0.39 is 0 Å². The molecular formula is C8H17NO. The molecular weight excluding hydrogens is 126 g/mol. The molecule has 0 aromatic rings. The highest BCUT2D eigenvalue weighted by Gasteiger charge is 1.92. The second-order valence-electron chi connectivity index (χ2n) is 2.25. The Bertz CT molecular complexity index is 83.3. The summed E-state index contributed by atoms with van der Waals surface area (Å²) in [6, 6.07) is 0. The fraction of sp³-hybridized carbons (Fsp3) is 0.750. The molecule has 0 aliphatic heterocycles. The van der Waals surface area contributed by atoms with Crippen molar-refractivity contribution >= 4 is 0 Å². The molecule has 0 heterocycles. The van der Waals surface area contributed by atoms with Gasteiger partial charge < -0.3 is 9.64 Å². The molecule has 0 aliphatic carbocycles. The van der Waals surface area contributed by atoms with Crippen LogP contribution in [0.1, 0.15) is 6.92 Å². The summed E-state index contributed by atoms with van der Waals surface area (Å²) in [6.07, 6.45) is 1.89. The quantitative estimate of drug-likeness (QED) is 0.408. The molecule has 60 valence electrons. The normalized spacial score (nSPS) is 10.3. The lowest BCUT2D eigenvalue weighted by Crippen LogP contribution is -2.23. The van der Waals surface area contributed by atoms with Crippen molar-refractivity contribution in [3.05, 3.63) is 12.7 Å². The van der Waals surface area contributed by atoms with E-state index >= 15 is 0 Å². The van der Waals surface area contributed by atoms with E-state index in [-0.39, 0.29) is 0 Å². The molecule has 0 atom stereocenters. The van der Waals surface area contributed by atoms with Crippen molar-refractivity contribution in [2.45, 2.75) is 6.92 Å². The van der Waals surface area contributed by atoms with Crippen molar-refractivity contribution in [3.63, 3.8) is 0 Å². The molecule has 10 heavy (non-hydrogen) atoms. The third-order valence-corrected chi connectivity index (χ3v) is 1.26. The largest absolute Gasteiger partial charge is 0.380 e.